The highest BCUT2D eigenvalue weighted by Crippen LogP contribution is 2.20. The third-order valence-corrected chi connectivity index (χ3v) is 3.75. The molecule has 2 aliphatic rings. The average Bonchev–Trinajstić information content (AvgIpc) is 2.98. The number of hydrazine groups is 1. The smallest absolute Gasteiger partial charge is 0.249 e. The number of amides is 2. The van der Waals surface area contributed by atoms with Gasteiger partial charge in [-0.1, -0.05) is 0 Å². The van der Waals surface area contributed by atoms with Crippen molar-refractivity contribution in [1.29, 1.82) is 0 Å². The van der Waals surface area contributed by atoms with E-state index in [1.165, 1.54) is 0 Å². The molecule has 1 unspecified atom stereocenters. The minimum Gasteiger partial charge on any atom is -0.497 e. The van der Waals surface area contributed by atoms with E-state index in [9.17, 15) is 9.59 Å². The molecule has 2 heterocycles. The largest absolute Gasteiger partial charge is 0.497 e. The number of guanidine groups is 1. The summed E-state index contributed by atoms with van der Waals surface area (Å²) >= 11 is 0. The maximum atomic E-state index is 12.6. The summed E-state index contributed by atoms with van der Waals surface area (Å²) in [6, 6.07) is 6.31. The van der Waals surface area contributed by atoms with E-state index >= 15 is 0 Å². The normalized spacial score (nSPS) is 19.0. The number of nitrogens with zero attached hydrogens (tertiary/aromatic N) is 2. The summed E-state index contributed by atoms with van der Waals surface area (Å²) in [5.41, 5.74) is 4.65. The van der Waals surface area contributed by atoms with Crippen LogP contribution in [-0.2, 0) is 9.59 Å². The van der Waals surface area contributed by atoms with Gasteiger partial charge in [0.1, 0.15) is 17.6 Å². The summed E-state index contributed by atoms with van der Waals surface area (Å²) in [7, 11) is 1.58. The van der Waals surface area contributed by atoms with Crippen molar-refractivity contribution in [2.75, 3.05) is 12.4 Å². The summed E-state index contributed by atoms with van der Waals surface area (Å²) in [5.74, 6) is 1.16. The SMILES string of the molecule is COc1ccc(NC(=O)C2CC(=O)NC3=NC(=C(C)C)NN32)cc1. The first-order valence-corrected chi connectivity index (χ1v) is 7.55. The van der Waals surface area contributed by atoms with Gasteiger partial charge in [0.2, 0.25) is 17.8 Å². The van der Waals surface area contributed by atoms with Crippen molar-refractivity contribution >= 4 is 23.5 Å². The Balaban J connectivity index is 1.77. The monoisotopic (exact) mass is 329 g/mol. The molecule has 0 aliphatic carbocycles. The van der Waals surface area contributed by atoms with Gasteiger partial charge in [-0.2, -0.15) is 4.99 Å². The predicted molar refractivity (Wildman–Crippen MR) is 89.0 cm³/mol. The van der Waals surface area contributed by atoms with E-state index < -0.39 is 6.04 Å². The fourth-order valence-corrected chi connectivity index (χ4v) is 2.44. The van der Waals surface area contributed by atoms with Gasteiger partial charge in [0.05, 0.1) is 13.5 Å². The Hall–Kier alpha value is -3.03. The Morgan fingerprint density at radius 3 is 2.67 bits per heavy atom. The van der Waals surface area contributed by atoms with Crippen LogP contribution in [0.5, 0.6) is 5.75 Å². The number of carbonyl (C=O) groups excluding carboxylic acids is 2. The molecule has 1 aromatic carbocycles. The van der Waals surface area contributed by atoms with Crippen molar-refractivity contribution in [2.45, 2.75) is 26.3 Å². The lowest BCUT2D eigenvalue weighted by Gasteiger charge is -2.32. The quantitative estimate of drug-likeness (QED) is 0.767. The molecule has 1 atom stereocenters. The first kappa shape index (κ1) is 15.9. The van der Waals surface area contributed by atoms with E-state index in [-0.39, 0.29) is 18.2 Å². The van der Waals surface area contributed by atoms with Gasteiger partial charge in [-0.3, -0.25) is 20.3 Å². The second kappa shape index (κ2) is 6.23. The number of allylic oxidation sites excluding steroid dienone is 1. The van der Waals surface area contributed by atoms with E-state index in [2.05, 4.69) is 21.1 Å². The second-order valence-electron chi connectivity index (χ2n) is 5.75. The average molecular weight is 329 g/mol. The van der Waals surface area contributed by atoms with Crippen LogP contribution in [0.1, 0.15) is 20.3 Å². The molecule has 2 aliphatic heterocycles. The lowest BCUT2D eigenvalue weighted by molar-refractivity contribution is -0.129. The molecule has 3 N–H and O–H groups in total. The van der Waals surface area contributed by atoms with Crippen LogP contribution in [0.3, 0.4) is 0 Å². The second-order valence-corrected chi connectivity index (χ2v) is 5.75. The molecule has 1 aromatic rings. The Morgan fingerprint density at radius 1 is 1.33 bits per heavy atom. The van der Waals surface area contributed by atoms with E-state index in [1.807, 2.05) is 13.8 Å². The van der Waals surface area contributed by atoms with Crippen LogP contribution in [0.15, 0.2) is 40.7 Å². The number of rotatable bonds is 3. The van der Waals surface area contributed by atoms with Crippen molar-refractivity contribution in [3.63, 3.8) is 0 Å². The topological polar surface area (TPSA) is 95.1 Å². The van der Waals surface area contributed by atoms with Gasteiger partial charge >= 0.3 is 0 Å². The van der Waals surface area contributed by atoms with Crippen LogP contribution in [0.4, 0.5) is 5.69 Å². The van der Waals surface area contributed by atoms with E-state index in [0.717, 1.165) is 5.57 Å². The van der Waals surface area contributed by atoms with Crippen molar-refractivity contribution < 1.29 is 14.3 Å². The van der Waals surface area contributed by atoms with Crippen molar-refractivity contribution in [3.8, 4) is 5.75 Å². The molecule has 1 fully saturated rings. The van der Waals surface area contributed by atoms with Gasteiger partial charge in [0.15, 0.2) is 0 Å². The summed E-state index contributed by atoms with van der Waals surface area (Å²) in [4.78, 5) is 28.8. The number of anilines is 1. The lowest BCUT2D eigenvalue weighted by atomic mass is 10.1. The number of carbonyl (C=O) groups is 2. The highest BCUT2D eigenvalue weighted by molar-refractivity contribution is 6.07. The Kier molecular flexibility index (Phi) is 4.11. The van der Waals surface area contributed by atoms with Gasteiger partial charge in [-0.15, -0.1) is 0 Å². The number of methoxy groups -OCH3 is 1. The number of benzene rings is 1. The van der Waals surface area contributed by atoms with Gasteiger partial charge in [-0.05, 0) is 43.7 Å². The highest BCUT2D eigenvalue weighted by Gasteiger charge is 2.39. The third-order valence-electron chi connectivity index (χ3n) is 3.75. The Labute approximate surface area is 139 Å². The highest BCUT2D eigenvalue weighted by atomic mass is 16.5. The molecule has 1 saturated heterocycles. The third kappa shape index (κ3) is 3.03. The predicted octanol–water partition coefficient (Wildman–Crippen LogP) is 0.950. The van der Waals surface area contributed by atoms with Crippen LogP contribution in [0, 0.1) is 0 Å². The van der Waals surface area contributed by atoms with Gasteiger partial charge in [-0.25, -0.2) is 5.01 Å². The van der Waals surface area contributed by atoms with Crippen molar-refractivity contribution in [2.24, 2.45) is 4.99 Å². The minimum atomic E-state index is -0.684. The molecular weight excluding hydrogens is 310 g/mol. The molecule has 0 saturated carbocycles. The maximum absolute atomic E-state index is 12.6. The Bertz CT molecular complexity index is 735. The summed E-state index contributed by atoms with van der Waals surface area (Å²) in [6.45, 7) is 3.80. The maximum Gasteiger partial charge on any atom is 0.249 e. The zero-order chi connectivity index (χ0) is 17.3. The van der Waals surface area contributed by atoms with Crippen molar-refractivity contribution in [3.05, 3.63) is 35.7 Å². The van der Waals surface area contributed by atoms with E-state index in [1.54, 1.807) is 36.4 Å². The summed E-state index contributed by atoms with van der Waals surface area (Å²) in [6.07, 6.45) is 0.0457. The zero-order valence-corrected chi connectivity index (χ0v) is 13.7. The molecule has 2 amide bonds. The number of aliphatic imine (C=N–C) groups is 1. The molecule has 126 valence electrons. The number of hydrogen-bond donors (Lipinski definition) is 3. The van der Waals surface area contributed by atoms with Gasteiger partial charge in [0, 0.05) is 5.69 Å². The van der Waals surface area contributed by atoms with E-state index in [0.29, 0.717) is 23.2 Å². The molecule has 0 spiro atoms. The molecule has 8 nitrogen and oxygen atoms in total. The van der Waals surface area contributed by atoms with Crippen LogP contribution >= 0.6 is 0 Å². The van der Waals surface area contributed by atoms with Crippen LogP contribution in [0.2, 0.25) is 0 Å². The zero-order valence-electron chi connectivity index (χ0n) is 13.7. The summed E-state index contributed by atoms with van der Waals surface area (Å²) < 4.78 is 5.09. The molecule has 24 heavy (non-hydrogen) atoms. The number of hydrogen-bond acceptors (Lipinski definition) is 6. The standard InChI is InChI=1S/C16H19N5O3/c1-9(2)14-19-16-18-13(22)8-12(21(16)20-14)15(23)17-10-4-6-11(24-3)7-5-10/h4-7,12,20H,8H2,1-3H3,(H,17,23)(H,18,19,22). The van der Waals surface area contributed by atoms with Gasteiger partial charge < -0.3 is 10.1 Å². The molecular formula is C16H19N5O3. The van der Waals surface area contributed by atoms with Crippen LogP contribution in [0.25, 0.3) is 0 Å². The first-order valence-electron chi connectivity index (χ1n) is 7.55. The minimum absolute atomic E-state index is 0.0457. The van der Waals surface area contributed by atoms with Crippen LogP contribution < -0.4 is 20.8 Å². The molecule has 0 bridgehead atoms. The molecule has 3 rings (SSSR count). The van der Waals surface area contributed by atoms with Gasteiger partial charge in [0.25, 0.3) is 0 Å². The number of nitrogens with one attached hydrogen (secondary N) is 3. The number of fused-ring (bicyclic) bond motifs is 1. The number of ether oxygens (including phenoxy) is 1. The Morgan fingerprint density at radius 2 is 2.04 bits per heavy atom. The molecule has 0 aromatic heterocycles. The fourth-order valence-electron chi connectivity index (χ4n) is 2.44. The lowest BCUT2D eigenvalue weighted by Crippen LogP contribution is -2.61. The van der Waals surface area contributed by atoms with Crippen molar-refractivity contribution in [1.82, 2.24) is 15.8 Å². The first-order chi connectivity index (χ1) is 11.5. The summed E-state index contributed by atoms with van der Waals surface area (Å²) in [5, 5.41) is 7.07. The molecule has 8 heteroatoms. The van der Waals surface area contributed by atoms with Crippen LogP contribution in [-0.4, -0.2) is 35.9 Å². The fraction of sp³-hybridized carbons (Fsp3) is 0.312. The molecule has 0 radical (unpaired) electrons. The van der Waals surface area contributed by atoms with E-state index in [4.69, 9.17) is 4.74 Å².